The molecular formula is C14H19ClN4O2. The molecule has 1 amide bonds. The van der Waals surface area contributed by atoms with E-state index in [1.165, 1.54) is 0 Å². The molecule has 0 radical (unpaired) electrons. The van der Waals surface area contributed by atoms with E-state index >= 15 is 0 Å². The smallest absolute Gasteiger partial charge is 0.240 e. The first-order valence-electron chi connectivity index (χ1n) is 6.88. The predicted molar refractivity (Wildman–Crippen MR) is 81.6 cm³/mol. The molecule has 0 saturated heterocycles. The van der Waals surface area contributed by atoms with Crippen molar-refractivity contribution in [2.45, 2.75) is 32.2 Å². The summed E-state index contributed by atoms with van der Waals surface area (Å²) in [6.45, 7) is 4.61. The molecule has 0 saturated carbocycles. The van der Waals surface area contributed by atoms with Gasteiger partial charge in [0.2, 0.25) is 11.8 Å². The molecule has 0 spiro atoms. The fourth-order valence-corrected chi connectivity index (χ4v) is 2.21. The van der Waals surface area contributed by atoms with Crippen LogP contribution in [-0.2, 0) is 11.3 Å². The predicted octanol–water partition coefficient (Wildman–Crippen LogP) is 2.27. The Kier molecular flexibility index (Phi) is 5.01. The summed E-state index contributed by atoms with van der Waals surface area (Å²) in [5, 5.41) is 2.52. The fourth-order valence-electron chi connectivity index (χ4n) is 2.04. The molecule has 7 heteroatoms. The summed E-state index contributed by atoms with van der Waals surface area (Å²) in [5.74, 6) is 1.02. The van der Waals surface area contributed by atoms with Crippen molar-refractivity contribution in [2.75, 3.05) is 13.7 Å². The van der Waals surface area contributed by atoms with E-state index < -0.39 is 0 Å². The minimum Gasteiger partial charge on any atom is -0.481 e. The summed E-state index contributed by atoms with van der Waals surface area (Å²) in [4.78, 5) is 20.8. The number of carbonyl (C=O) groups excluding carboxylic acids is 1. The van der Waals surface area contributed by atoms with Crippen LogP contribution in [-0.4, -0.2) is 34.1 Å². The highest BCUT2D eigenvalue weighted by Gasteiger charge is 2.18. The van der Waals surface area contributed by atoms with E-state index in [1.54, 1.807) is 17.7 Å². The van der Waals surface area contributed by atoms with E-state index in [2.05, 4.69) is 15.3 Å². The lowest BCUT2D eigenvalue weighted by Crippen LogP contribution is -2.28. The highest BCUT2D eigenvalue weighted by molar-refractivity contribution is 6.20. The molecular weight excluding hydrogens is 292 g/mol. The van der Waals surface area contributed by atoms with E-state index in [1.807, 2.05) is 19.9 Å². The normalized spacial score (nSPS) is 12.4. The van der Waals surface area contributed by atoms with Crippen molar-refractivity contribution in [1.29, 1.82) is 0 Å². The average Bonchev–Trinajstić information content (AvgIpc) is 2.83. The maximum atomic E-state index is 12.0. The minimum atomic E-state index is -0.316. The molecule has 0 aliphatic carbocycles. The number of alkyl halides is 1. The Morgan fingerprint density at radius 2 is 2.24 bits per heavy atom. The Bertz CT molecular complexity index is 639. The van der Waals surface area contributed by atoms with Gasteiger partial charge in [-0.1, -0.05) is 6.92 Å². The van der Waals surface area contributed by atoms with Gasteiger partial charge in [-0.3, -0.25) is 4.79 Å². The van der Waals surface area contributed by atoms with E-state index in [9.17, 15) is 4.79 Å². The third kappa shape index (κ3) is 3.44. The molecule has 114 valence electrons. The van der Waals surface area contributed by atoms with Crippen LogP contribution in [0.15, 0.2) is 12.1 Å². The van der Waals surface area contributed by atoms with Crippen LogP contribution in [0.3, 0.4) is 0 Å². The largest absolute Gasteiger partial charge is 0.481 e. The molecule has 1 atom stereocenters. The van der Waals surface area contributed by atoms with Crippen molar-refractivity contribution in [1.82, 2.24) is 19.9 Å². The Hall–Kier alpha value is -1.82. The van der Waals surface area contributed by atoms with Crippen LogP contribution in [0, 0.1) is 0 Å². The number of fused-ring (bicyclic) bond motifs is 1. The molecule has 2 aromatic rings. The molecule has 0 aromatic carbocycles. The van der Waals surface area contributed by atoms with Crippen LogP contribution < -0.4 is 10.1 Å². The molecule has 1 N–H and O–H groups in total. The standard InChI is InChI=1S/C14H19ClN4O2/c1-4-7-16-11(20)8-19-13(9(2)15)17-10-5-6-12(21-3)18-14(10)19/h5-6,9H,4,7-8H2,1-3H3,(H,16,20). The van der Waals surface area contributed by atoms with E-state index in [0.29, 0.717) is 29.4 Å². The van der Waals surface area contributed by atoms with Gasteiger partial charge >= 0.3 is 0 Å². The quantitative estimate of drug-likeness (QED) is 0.831. The van der Waals surface area contributed by atoms with Crippen molar-refractivity contribution < 1.29 is 9.53 Å². The lowest BCUT2D eigenvalue weighted by molar-refractivity contribution is -0.121. The van der Waals surface area contributed by atoms with Crippen molar-refractivity contribution >= 4 is 28.7 Å². The van der Waals surface area contributed by atoms with Gasteiger partial charge in [0.25, 0.3) is 0 Å². The molecule has 2 aromatic heterocycles. The Labute approximate surface area is 128 Å². The van der Waals surface area contributed by atoms with Crippen LogP contribution >= 0.6 is 11.6 Å². The number of hydrogen-bond donors (Lipinski definition) is 1. The highest BCUT2D eigenvalue weighted by atomic mass is 35.5. The summed E-state index contributed by atoms with van der Waals surface area (Å²) >= 11 is 6.17. The number of ether oxygens (including phenoxy) is 1. The number of carbonyl (C=O) groups is 1. The van der Waals surface area contributed by atoms with Crippen molar-refractivity contribution in [3.63, 3.8) is 0 Å². The number of amides is 1. The molecule has 6 nitrogen and oxygen atoms in total. The monoisotopic (exact) mass is 310 g/mol. The maximum absolute atomic E-state index is 12.0. The van der Waals surface area contributed by atoms with E-state index in [4.69, 9.17) is 16.3 Å². The molecule has 0 bridgehead atoms. The van der Waals surface area contributed by atoms with Crippen LogP contribution in [0.4, 0.5) is 0 Å². The number of rotatable bonds is 6. The molecule has 0 fully saturated rings. The minimum absolute atomic E-state index is 0.0839. The summed E-state index contributed by atoms with van der Waals surface area (Å²) < 4.78 is 6.87. The first-order chi connectivity index (χ1) is 10.1. The highest BCUT2D eigenvalue weighted by Crippen LogP contribution is 2.24. The molecule has 0 aliphatic heterocycles. The van der Waals surface area contributed by atoms with E-state index in [0.717, 1.165) is 6.42 Å². The lowest BCUT2D eigenvalue weighted by atomic mass is 10.4. The van der Waals surface area contributed by atoms with Crippen LogP contribution in [0.2, 0.25) is 0 Å². The first kappa shape index (κ1) is 15.6. The third-order valence-electron chi connectivity index (χ3n) is 3.04. The van der Waals surface area contributed by atoms with Gasteiger partial charge < -0.3 is 14.6 Å². The number of imidazole rings is 1. The maximum Gasteiger partial charge on any atom is 0.240 e. The van der Waals surface area contributed by atoms with E-state index in [-0.39, 0.29) is 17.8 Å². The van der Waals surface area contributed by atoms with Gasteiger partial charge in [0, 0.05) is 12.6 Å². The lowest BCUT2D eigenvalue weighted by Gasteiger charge is -2.10. The molecule has 2 heterocycles. The zero-order valence-electron chi connectivity index (χ0n) is 12.4. The Morgan fingerprint density at radius 1 is 1.48 bits per heavy atom. The van der Waals surface area contributed by atoms with Gasteiger partial charge in [-0.25, -0.2) is 4.98 Å². The number of halogens is 1. The van der Waals surface area contributed by atoms with Gasteiger partial charge in [0.15, 0.2) is 5.65 Å². The van der Waals surface area contributed by atoms with Crippen molar-refractivity contribution in [2.24, 2.45) is 0 Å². The summed E-state index contributed by atoms with van der Waals surface area (Å²) in [7, 11) is 1.55. The van der Waals surface area contributed by atoms with Crippen LogP contribution in [0.5, 0.6) is 5.88 Å². The molecule has 2 rings (SSSR count). The Balaban J connectivity index is 2.41. The summed E-state index contributed by atoms with van der Waals surface area (Å²) in [6, 6.07) is 3.55. The first-order valence-corrected chi connectivity index (χ1v) is 7.32. The summed E-state index contributed by atoms with van der Waals surface area (Å²) in [5.41, 5.74) is 1.30. The third-order valence-corrected chi connectivity index (χ3v) is 3.23. The molecule has 1 unspecified atom stereocenters. The van der Waals surface area contributed by atoms with Crippen LogP contribution in [0.1, 0.15) is 31.5 Å². The number of nitrogens with one attached hydrogen (secondary N) is 1. The zero-order valence-corrected chi connectivity index (χ0v) is 13.1. The van der Waals surface area contributed by atoms with Crippen molar-refractivity contribution in [3.8, 4) is 5.88 Å². The average molecular weight is 311 g/mol. The fraction of sp³-hybridized carbons (Fsp3) is 0.500. The number of hydrogen-bond acceptors (Lipinski definition) is 4. The molecule has 21 heavy (non-hydrogen) atoms. The van der Waals surface area contributed by atoms with Gasteiger partial charge in [0.1, 0.15) is 17.9 Å². The molecule has 0 aliphatic rings. The number of pyridine rings is 1. The topological polar surface area (TPSA) is 69.0 Å². The van der Waals surface area contributed by atoms with Gasteiger partial charge in [0.05, 0.1) is 12.5 Å². The van der Waals surface area contributed by atoms with Crippen LogP contribution in [0.25, 0.3) is 11.2 Å². The Morgan fingerprint density at radius 3 is 2.86 bits per heavy atom. The van der Waals surface area contributed by atoms with Gasteiger partial charge in [-0.15, -0.1) is 11.6 Å². The second kappa shape index (κ2) is 6.76. The second-order valence-corrected chi connectivity index (χ2v) is 5.37. The van der Waals surface area contributed by atoms with Gasteiger partial charge in [-0.05, 0) is 19.4 Å². The SMILES string of the molecule is CCCNC(=O)Cn1c(C(C)Cl)nc2ccc(OC)nc21. The second-order valence-electron chi connectivity index (χ2n) is 4.72. The van der Waals surface area contributed by atoms with Crippen molar-refractivity contribution in [3.05, 3.63) is 18.0 Å². The summed E-state index contributed by atoms with van der Waals surface area (Å²) in [6.07, 6.45) is 0.890. The number of aromatic nitrogens is 3. The van der Waals surface area contributed by atoms with Gasteiger partial charge in [-0.2, -0.15) is 4.98 Å². The number of methoxy groups -OCH3 is 1. The zero-order chi connectivity index (χ0) is 15.4. The number of nitrogens with zero attached hydrogens (tertiary/aromatic N) is 3.